The summed E-state index contributed by atoms with van der Waals surface area (Å²) in [6.07, 6.45) is 0. The molecule has 134 valence electrons. The predicted molar refractivity (Wildman–Crippen MR) is 107 cm³/mol. The fraction of sp³-hybridized carbons (Fsp3) is 0.316. The molecule has 0 radical (unpaired) electrons. The van der Waals surface area contributed by atoms with Crippen LogP contribution in [0.1, 0.15) is 29.8 Å². The average molecular weight is 398 g/mol. The Labute approximate surface area is 161 Å². The van der Waals surface area contributed by atoms with Crippen molar-refractivity contribution in [3.8, 4) is 0 Å². The Morgan fingerprint density at radius 3 is 2.68 bits per heavy atom. The molecule has 2 aromatic carbocycles. The van der Waals surface area contributed by atoms with Gasteiger partial charge >= 0.3 is 0 Å². The Bertz CT molecular complexity index is 704. The molecular formula is C19H21ClFNOS2. The maximum atomic E-state index is 13.7. The van der Waals surface area contributed by atoms with Crippen molar-refractivity contribution in [2.45, 2.75) is 29.7 Å². The van der Waals surface area contributed by atoms with Gasteiger partial charge in [0, 0.05) is 38.8 Å². The minimum atomic E-state index is -0.288. The third-order valence-corrected chi connectivity index (χ3v) is 5.76. The second-order valence-electron chi connectivity index (χ2n) is 5.67. The first-order chi connectivity index (χ1) is 12.0. The van der Waals surface area contributed by atoms with Crippen molar-refractivity contribution < 1.29 is 9.18 Å². The smallest absolute Gasteiger partial charge is 0.252 e. The SMILES string of the molecule is CC(C)Sc1ccccc1C(=O)NCCSCc1c(F)cccc1Cl. The monoisotopic (exact) mass is 397 g/mol. The molecule has 0 spiro atoms. The van der Waals surface area contributed by atoms with Gasteiger partial charge in [-0.05, 0) is 24.3 Å². The van der Waals surface area contributed by atoms with Crippen LogP contribution in [-0.2, 0) is 5.75 Å². The molecule has 1 amide bonds. The first-order valence-electron chi connectivity index (χ1n) is 8.03. The molecule has 0 atom stereocenters. The lowest BCUT2D eigenvalue weighted by Crippen LogP contribution is -2.26. The second-order valence-corrected chi connectivity index (χ2v) is 8.80. The summed E-state index contributed by atoms with van der Waals surface area (Å²) in [4.78, 5) is 13.4. The van der Waals surface area contributed by atoms with Crippen LogP contribution in [-0.4, -0.2) is 23.5 Å². The summed E-state index contributed by atoms with van der Waals surface area (Å²) < 4.78 is 13.7. The summed E-state index contributed by atoms with van der Waals surface area (Å²) >= 11 is 9.22. The van der Waals surface area contributed by atoms with Gasteiger partial charge < -0.3 is 5.32 Å². The summed E-state index contributed by atoms with van der Waals surface area (Å²) in [6.45, 7) is 4.73. The number of hydrogen-bond acceptors (Lipinski definition) is 3. The van der Waals surface area contributed by atoms with Crippen LogP contribution in [0.25, 0.3) is 0 Å². The lowest BCUT2D eigenvalue weighted by Gasteiger charge is -2.11. The normalized spacial score (nSPS) is 10.9. The van der Waals surface area contributed by atoms with Gasteiger partial charge in [0.05, 0.1) is 5.56 Å². The van der Waals surface area contributed by atoms with Crippen molar-refractivity contribution in [3.05, 3.63) is 64.4 Å². The minimum Gasteiger partial charge on any atom is -0.351 e. The zero-order valence-corrected chi connectivity index (χ0v) is 16.6. The van der Waals surface area contributed by atoms with Crippen molar-refractivity contribution >= 4 is 41.0 Å². The molecular weight excluding hydrogens is 377 g/mol. The fourth-order valence-electron chi connectivity index (χ4n) is 2.19. The van der Waals surface area contributed by atoms with Gasteiger partial charge in [-0.15, -0.1) is 11.8 Å². The maximum Gasteiger partial charge on any atom is 0.252 e. The van der Waals surface area contributed by atoms with E-state index in [-0.39, 0.29) is 11.7 Å². The Morgan fingerprint density at radius 1 is 1.20 bits per heavy atom. The zero-order valence-electron chi connectivity index (χ0n) is 14.2. The van der Waals surface area contributed by atoms with Crippen molar-refractivity contribution in [1.82, 2.24) is 5.32 Å². The molecule has 0 fully saturated rings. The van der Waals surface area contributed by atoms with E-state index in [0.29, 0.717) is 39.4 Å². The number of hydrogen-bond donors (Lipinski definition) is 1. The fourth-order valence-corrected chi connectivity index (χ4v) is 4.34. The van der Waals surface area contributed by atoms with E-state index in [2.05, 4.69) is 19.2 Å². The molecule has 2 nitrogen and oxygen atoms in total. The van der Waals surface area contributed by atoms with Crippen LogP contribution in [0.15, 0.2) is 47.4 Å². The first kappa shape index (κ1) is 20.1. The molecule has 0 heterocycles. The summed E-state index contributed by atoms with van der Waals surface area (Å²) in [5.74, 6) is 0.814. The van der Waals surface area contributed by atoms with Gasteiger partial charge in [-0.1, -0.05) is 43.6 Å². The van der Waals surface area contributed by atoms with Crippen molar-refractivity contribution in [3.63, 3.8) is 0 Å². The van der Waals surface area contributed by atoms with E-state index in [0.717, 1.165) is 4.90 Å². The molecule has 0 unspecified atom stereocenters. The molecule has 0 aliphatic rings. The van der Waals surface area contributed by atoms with Crippen LogP contribution in [0.2, 0.25) is 5.02 Å². The summed E-state index contributed by atoms with van der Waals surface area (Å²) in [6, 6.07) is 12.3. The van der Waals surface area contributed by atoms with E-state index in [1.54, 1.807) is 35.7 Å². The molecule has 0 aliphatic heterocycles. The quantitative estimate of drug-likeness (QED) is 0.461. The van der Waals surface area contributed by atoms with E-state index >= 15 is 0 Å². The molecule has 0 saturated carbocycles. The number of carbonyl (C=O) groups excluding carboxylic acids is 1. The van der Waals surface area contributed by atoms with Crippen LogP contribution in [0.3, 0.4) is 0 Å². The lowest BCUT2D eigenvalue weighted by atomic mass is 10.2. The van der Waals surface area contributed by atoms with E-state index in [1.807, 2.05) is 24.3 Å². The number of rotatable bonds is 8. The number of amides is 1. The standard InChI is InChI=1S/C19H21ClFNOS2/c1-13(2)25-18-9-4-3-6-14(18)19(23)22-10-11-24-12-15-16(20)7-5-8-17(15)21/h3-9,13H,10-12H2,1-2H3,(H,22,23). The summed E-state index contributed by atoms with van der Waals surface area (Å²) in [7, 11) is 0. The average Bonchev–Trinajstić information content (AvgIpc) is 2.56. The lowest BCUT2D eigenvalue weighted by molar-refractivity contribution is 0.0953. The van der Waals surface area contributed by atoms with Crippen LogP contribution in [0.4, 0.5) is 4.39 Å². The van der Waals surface area contributed by atoms with Gasteiger partial charge in [0.1, 0.15) is 5.82 Å². The van der Waals surface area contributed by atoms with Crippen molar-refractivity contribution in [2.24, 2.45) is 0 Å². The van der Waals surface area contributed by atoms with Gasteiger partial charge in [-0.2, -0.15) is 11.8 Å². The largest absolute Gasteiger partial charge is 0.351 e. The van der Waals surface area contributed by atoms with Crippen molar-refractivity contribution in [2.75, 3.05) is 12.3 Å². The highest BCUT2D eigenvalue weighted by atomic mass is 35.5. The highest BCUT2D eigenvalue weighted by Crippen LogP contribution is 2.26. The number of thioether (sulfide) groups is 2. The van der Waals surface area contributed by atoms with E-state index < -0.39 is 0 Å². The van der Waals surface area contributed by atoms with Crippen molar-refractivity contribution in [1.29, 1.82) is 0 Å². The Morgan fingerprint density at radius 2 is 1.96 bits per heavy atom. The van der Waals surface area contributed by atoms with Crippen LogP contribution >= 0.6 is 35.1 Å². The van der Waals surface area contributed by atoms with Gasteiger partial charge in [-0.3, -0.25) is 4.79 Å². The van der Waals surface area contributed by atoms with Gasteiger partial charge in [0.2, 0.25) is 0 Å². The minimum absolute atomic E-state index is 0.0757. The number of nitrogens with one attached hydrogen (secondary N) is 1. The number of halogens is 2. The molecule has 0 aromatic heterocycles. The molecule has 0 bridgehead atoms. The molecule has 2 rings (SSSR count). The van der Waals surface area contributed by atoms with Crippen LogP contribution < -0.4 is 5.32 Å². The second kappa shape index (κ2) is 10.1. The molecule has 0 aliphatic carbocycles. The molecule has 1 N–H and O–H groups in total. The Hall–Kier alpha value is -1.17. The maximum absolute atomic E-state index is 13.7. The van der Waals surface area contributed by atoms with E-state index in [4.69, 9.17) is 11.6 Å². The van der Waals surface area contributed by atoms with Crippen LogP contribution in [0, 0.1) is 5.82 Å². The number of benzene rings is 2. The summed E-state index contributed by atoms with van der Waals surface area (Å²) in [5, 5.41) is 3.78. The zero-order chi connectivity index (χ0) is 18.2. The third kappa shape index (κ3) is 6.24. The summed E-state index contributed by atoms with van der Waals surface area (Å²) in [5.41, 5.74) is 1.21. The van der Waals surface area contributed by atoms with Gasteiger partial charge in [0.15, 0.2) is 0 Å². The van der Waals surface area contributed by atoms with E-state index in [1.165, 1.54) is 6.07 Å². The topological polar surface area (TPSA) is 29.1 Å². The molecule has 25 heavy (non-hydrogen) atoms. The third-order valence-electron chi connectivity index (χ3n) is 3.33. The Balaban J connectivity index is 1.81. The first-order valence-corrected chi connectivity index (χ1v) is 10.4. The molecule has 0 saturated heterocycles. The molecule has 6 heteroatoms. The highest BCUT2D eigenvalue weighted by Gasteiger charge is 2.12. The van der Waals surface area contributed by atoms with E-state index in [9.17, 15) is 9.18 Å². The van der Waals surface area contributed by atoms with Gasteiger partial charge in [-0.25, -0.2) is 4.39 Å². The molecule has 2 aromatic rings. The Kier molecular flexibility index (Phi) is 8.13. The number of carbonyl (C=O) groups is 1. The van der Waals surface area contributed by atoms with Crippen LogP contribution in [0.5, 0.6) is 0 Å². The van der Waals surface area contributed by atoms with Gasteiger partial charge in [0.25, 0.3) is 5.91 Å². The predicted octanol–water partition coefficient (Wildman–Crippen LogP) is 5.64. The highest BCUT2D eigenvalue weighted by molar-refractivity contribution is 8.00.